The molecule has 0 bridgehead atoms. The molecular weight excluding hydrogens is 204 g/mol. The fourth-order valence-electron chi connectivity index (χ4n) is 2.82. The fraction of sp³-hybridized carbons (Fsp3) is 1.00. The lowest BCUT2D eigenvalue weighted by molar-refractivity contribution is -0.300. The Morgan fingerprint density at radius 2 is 1.87 bits per heavy atom. The van der Waals surface area contributed by atoms with Gasteiger partial charge in [0.15, 0.2) is 0 Å². The van der Waals surface area contributed by atoms with Crippen LogP contribution in [0.15, 0.2) is 0 Å². The minimum atomic E-state index is -2.19. The summed E-state index contributed by atoms with van der Waals surface area (Å²) in [4.78, 5) is 0. The van der Waals surface area contributed by atoms with E-state index < -0.39 is 36.3 Å². The molecule has 0 aromatic heterocycles. The normalized spacial score (nSPS) is 58.8. The molecule has 0 aromatic rings. The Balaban J connectivity index is 2.39. The lowest BCUT2D eigenvalue weighted by atomic mass is 9.57. The highest BCUT2D eigenvalue weighted by atomic mass is 16.7. The number of hydrogen-bond acceptors (Lipinski definition) is 6. The van der Waals surface area contributed by atoms with Gasteiger partial charge in [0.2, 0.25) is 5.79 Å². The summed E-state index contributed by atoms with van der Waals surface area (Å²) < 4.78 is 5.12. The largest absolute Gasteiger partial charge is 0.393 e. The molecule has 1 saturated carbocycles. The second-order valence-corrected chi connectivity index (χ2v) is 4.58. The summed E-state index contributed by atoms with van der Waals surface area (Å²) in [7, 11) is 0. The summed E-state index contributed by atoms with van der Waals surface area (Å²) in [6.45, 7) is 0.398. The van der Waals surface area contributed by atoms with Crippen molar-refractivity contribution < 1.29 is 30.3 Å². The van der Waals surface area contributed by atoms with Crippen molar-refractivity contribution in [3.8, 4) is 0 Å². The van der Waals surface area contributed by atoms with Gasteiger partial charge < -0.3 is 30.3 Å². The minimum Gasteiger partial charge on any atom is -0.393 e. The molecule has 1 heterocycles. The maximum atomic E-state index is 10.1. The van der Waals surface area contributed by atoms with E-state index >= 15 is 0 Å². The molecule has 1 aliphatic carbocycles. The van der Waals surface area contributed by atoms with Crippen molar-refractivity contribution in [2.45, 2.75) is 36.4 Å². The second-order valence-electron chi connectivity index (χ2n) is 4.58. The number of rotatable bonds is 2. The molecule has 15 heavy (non-hydrogen) atoms. The molecule has 2 unspecified atom stereocenters. The number of ether oxygens (including phenoxy) is 1. The van der Waals surface area contributed by atoms with Crippen LogP contribution in [0.4, 0.5) is 0 Å². The van der Waals surface area contributed by atoms with Crippen LogP contribution in [-0.4, -0.2) is 61.8 Å². The molecule has 1 saturated heterocycles. The summed E-state index contributed by atoms with van der Waals surface area (Å²) in [5, 5.41) is 47.7. The van der Waals surface area contributed by atoms with Gasteiger partial charge in [-0.15, -0.1) is 0 Å². The van der Waals surface area contributed by atoms with Gasteiger partial charge in [0.1, 0.15) is 17.3 Å². The molecule has 2 fully saturated rings. The summed E-state index contributed by atoms with van der Waals surface area (Å²) in [5.74, 6) is -2.38. The van der Waals surface area contributed by atoms with E-state index in [2.05, 4.69) is 0 Å². The first-order chi connectivity index (χ1) is 6.86. The predicted molar refractivity (Wildman–Crippen MR) is 47.7 cm³/mol. The van der Waals surface area contributed by atoms with E-state index in [4.69, 9.17) is 9.84 Å². The van der Waals surface area contributed by atoms with Crippen molar-refractivity contribution in [1.29, 1.82) is 0 Å². The zero-order valence-corrected chi connectivity index (χ0v) is 8.42. The molecule has 5 atom stereocenters. The summed E-state index contributed by atoms with van der Waals surface area (Å²) in [6, 6.07) is 0. The van der Waals surface area contributed by atoms with E-state index in [1.54, 1.807) is 6.92 Å². The third kappa shape index (κ3) is 0.994. The van der Waals surface area contributed by atoms with Gasteiger partial charge in [-0.2, -0.15) is 0 Å². The predicted octanol–water partition coefficient (Wildman–Crippen LogP) is -2.44. The molecular formula is C9H16O6. The fourth-order valence-corrected chi connectivity index (χ4v) is 2.82. The van der Waals surface area contributed by atoms with E-state index in [9.17, 15) is 20.4 Å². The van der Waals surface area contributed by atoms with Gasteiger partial charge in [0.25, 0.3) is 0 Å². The number of hydrogen-bond donors (Lipinski definition) is 5. The Morgan fingerprint density at radius 1 is 1.27 bits per heavy atom. The summed E-state index contributed by atoms with van der Waals surface area (Å²) >= 11 is 0. The van der Waals surface area contributed by atoms with Crippen molar-refractivity contribution in [3.63, 3.8) is 0 Å². The highest BCUT2D eigenvalue weighted by Gasteiger charge is 2.78. The Hall–Kier alpha value is -0.240. The molecule has 5 N–H and O–H groups in total. The number of aliphatic hydroxyl groups excluding tert-OH is 3. The van der Waals surface area contributed by atoms with Crippen LogP contribution in [-0.2, 0) is 4.74 Å². The number of aliphatic hydroxyl groups is 5. The Morgan fingerprint density at radius 3 is 2.20 bits per heavy atom. The zero-order valence-electron chi connectivity index (χ0n) is 8.42. The van der Waals surface area contributed by atoms with Crippen LogP contribution in [0.2, 0.25) is 0 Å². The Kier molecular flexibility index (Phi) is 2.18. The minimum absolute atomic E-state index is 0.192. The first kappa shape index (κ1) is 11.3. The summed E-state index contributed by atoms with van der Waals surface area (Å²) in [6.07, 6.45) is -1.39. The quantitative estimate of drug-likeness (QED) is 0.353. The van der Waals surface area contributed by atoms with Crippen LogP contribution in [0.1, 0.15) is 13.3 Å². The molecule has 0 radical (unpaired) electrons. The Labute approximate surface area is 86.7 Å². The van der Waals surface area contributed by atoms with Gasteiger partial charge in [0, 0.05) is 0 Å². The van der Waals surface area contributed by atoms with Gasteiger partial charge >= 0.3 is 0 Å². The average molecular weight is 220 g/mol. The maximum Gasteiger partial charge on any atom is 0.219 e. The van der Waals surface area contributed by atoms with E-state index in [0.717, 1.165) is 0 Å². The maximum absolute atomic E-state index is 10.1. The Bertz CT molecular complexity index is 284. The summed E-state index contributed by atoms with van der Waals surface area (Å²) in [5.41, 5.74) is -3.05. The first-order valence-electron chi connectivity index (χ1n) is 4.91. The molecule has 0 aromatic carbocycles. The van der Waals surface area contributed by atoms with Gasteiger partial charge in [-0.05, 0) is 12.3 Å². The highest BCUT2D eigenvalue weighted by molar-refractivity contribution is 5.24. The van der Waals surface area contributed by atoms with E-state index in [-0.39, 0.29) is 12.3 Å². The molecule has 2 rings (SSSR count). The van der Waals surface area contributed by atoms with Crippen molar-refractivity contribution in [2.75, 3.05) is 13.2 Å². The standard InChI is InChI=1S/C9H16O6/c1-5-2-7(13)6(12)9(14,4-11)15-8(5,7)3-10/h5-6,10-14H,2-4H2,1H3/t5?,6-,7-,8?,9-/m0/s1. The second kappa shape index (κ2) is 2.91. The van der Waals surface area contributed by atoms with Gasteiger partial charge in [-0.1, -0.05) is 6.92 Å². The third-order valence-corrected chi connectivity index (χ3v) is 3.85. The molecule has 2 aliphatic rings. The first-order valence-corrected chi connectivity index (χ1v) is 4.91. The van der Waals surface area contributed by atoms with Crippen LogP contribution in [0.5, 0.6) is 0 Å². The lowest BCUT2D eigenvalue weighted by Gasteiger charge is -2.54. The zero-order chi connectivity index (χ0) is 11.5. The highest BCUT2D eigenvalue weighted by Crippen LogP contribution is 2.59. The third-order valence-electron chi connectivity index (χ3n) is 3.85. The number of fused-ring (bicyclic) bond motifs is 1. The van der Waals surface area contributed by atoms with Crippen molar-refractivity contribution >= 4 is 0 Å². The topological polar surface area (TPSA) is 110 Å². The van der Waals surface area contributed by atoms with Gasteiger partial charge in [0.05, 0.1) is 13.2 Å². The van der Waals surface area contributed by atoms with Crippen molar-refractivity contribution in [3.05, 3.63) is 0 Å². The molecule has 6 nitrogen and oxygen atoms in total. The van der Waals surface area contributed by atoms with Crippen LogP contribution in [0.3, 0.4) is 0 Å². The molecule has 88 valence electrons. The van der Waals surface area contributed by atoms with Crippen molar-refractivity contribution in [1.82, 2.24) is 0 Å². The van der Waals surface area contributed by atoms with Crippen LogP contribution in [0.25, 0.3) is 0 Å². The van der Waals surface area contributed by atoms with Gasteiger partial charge in [-0.3, -0.25) is 0 Å². The lowest BCUT2D eigenvalue weighted by Crippen LogP contribution is -2.71. The SMILES string of the molecule is CC1C[C@]2(O)[C@H](O)[C@](O)(CO)OC12CO. The molecule has 1 aliphatic heterocycles. The molecule has 0 spiro atoms. The van der Waals surface area contributed by atoms with Crippen LogP contribution in [0, 0.1) is 5.92 Å². The van der Waals surface area contributed by atoms with Gasteiger partial charge in [-0.25, -0.2) is 0 Å². The van der Waals surface area contributed by atoms with E-state index in [1.165, 1.54) is 0 Å². The average Bonchev–Trinajstić information content (AvgIpc) is 2.35. The van der Waals surface area contributed by atoms with E-state index in [1.807, 2.05) is 0 Å². The smallest absolute Gasteiger partial charge is 0.219 e. The van der Waals surface area contributed by atoms with Crippen LogP contribution >= 0.6 is 0 Å². The molecule has 6 heteroatoms. The monoisotopic (exact) mass is 220 g/mol. The van der Waals surface area contributed by atoms with Crippen LogP contribution < -0.4 is 0 Å². The van der Waals surface area contributed by atoms with E-state index in [0.29, 0.717) is 0 Å². The van der Waals surface area contributed by atoms with Crippen molar-refractivity contribution in [2.24, 2.45) is 5.92 Å². The molecule has 0 amide bonds.